The third-order valence-electron chi connectivity index (χ3n) is 7.22. The van der Waals surface area contributed by atoms with Gasteiger partial charge in [-0.3, -0.25) is 4.79 Å². The molecular formula is C32H27NOS. The largest absolute Gasteiger partial charge is 0.306 e. The zero-order valence-electron chi connectivity index (χ0n) is 19.4. The van der Waals surface area contributed by atoms with Gasteiger partial charge in [-0.25, -0.2) is 0 Å². The van der Waals surface area contributed by atoms with Crippen LogP contribution >= 0.6 is 11.8 Å². The maximum Gasteiger partial charge on any atom is 0.230 e. The van der Waals surface area contributed by atoms with Crippen LogP contribution in [-0.2, 0) is 4.79 Å². The van der Waals surface area contributed by atoms with E-state index in [1.165, 1.54) is 22.3 Å². The van der Waals surface area contributed by atoms with Crippen molar-refractivity contribution < 1.29 is 4.79 Å². The number of amides is 1. The maximum absolute atomic E-state index is 12.4. The van der Waals surface area contributed by atoms with E-state index in [0.29, 0.717) is 6.42 Å². The lowest BCUT2D eigenvalue weighted by atomic mass is 9.68. The second-order valence-corrected chi connectivity index (χ2v) is 10.7. The van der Waals surface area contributed by atoms with Gasteiger partial charge in [-0.05, 0) is 22.3 Å². The van der Waals surface area contributed by atoms with Crippen LogP contribution in [0, 0.1) is 0 Å². The SMILES string of the molecule is O=C1C[C@H]2SC(C(c3ccccc3)c3ccccc3)(C(c3ccccc3)c3ccccc3)C=CN12. The summed E-state index contributed by atoms with van der Waals surface area (Å²) in [5, 5.41) is 0.150. The quantitative estimate of drug-likeness (QED) is 0.276. The smallest absolute Gasteiger partial charge is 0.230 e. The summed E-state index contributed by atoms with van der Waals surface area (Å²) in [5.41, 5.74) is 5.14. The van der Waals surface area contributed by atoms with E-state index < -0.39 is 0 Å². The van der Waals surface area contributed by atoms with Gasteiger partial charge < -0.3 is 4.90 Å². The summed E-state index contributed by atoms with van der Waals surface area (Å²) in [5.74, 6) is 0.392. The van der Waals surface area contributed by atoms with Gasteiger partial charge in [-0.2, -0.15) is 0 Å². The summed E-state index contributed by atoms with van der Waals surface area (Å²) >= 11 is 1.95. The van der Waals surface area contributed by atoms with Gasteiger partial charge in [0.2, 0.25) is 5.91 Å². The molecule has 0 spiro atoms. The summed E-state index contributed by atoms with van der Waals surface area (Å²) in [7, 11) is 0. The molecule has 0 saturated carbocycles. The summed E-state index contributed by atoms with van der Waals surface area (Å²) in [6.45, 7) is 0. The van der Waals surface area contributed by atoms with Gasteiger partial charge in [-0.15, -0.1) is 11.8 Å². The molecule has 172 valence electrons. The van der Waals surface area contributed by atoms with Gasteiger partial charge in [0.25, 0.3) is 0 Å². The zero-order valence-corrected chi connectivity index (χ0v) is 20.2. The van der Waals surface area contributed by atoms with E-state index in [0.717, 1.165) is 0 Å². The summed E-state index contributed by atoms with van der Waals surface area (Å²) in [6, 6.07) is 43.4. The van der Waals surface area contributed by atoms with Gasteiger partial charge >= 0.3 is 0 Å². The van der Waals surface area contributed by atoms with Crippen molar-refractivity contribution in [1.82, 2.24) is 4.90 Å². The van der Waals surface area contributed by atoms with Crippen LogP contribution in [-0.4, -0.2) is 20.9 Å². The van der Waals surface area contributed by atoms with E-state index >= 15 is 0 Å². The molecule has 0 aliphatic carbocycles. The number of nitrogens with zero attached hydrogens (tertiary/aromatic N) is 1. The van der Waals surface area contributed by atoms with Gasteiger partial charge in [0.15, 0.2) is 0 Å². The van der Waals surface area contributed by atoms with E-state index in [4.69, 9.17) is 0 Å². The van der Waals surface area contributed by atoms with Crippen molar-refractivity contribution in [3.8, 4) is 0 Å². The van der Waals surface area contributed by atoms with Crippen molar-refractivity contribution in [2.45, 2.75) is 28.4 Å². The Hall–Kier alpha value is -3.56. The summed E-state index contributed by atoms with van der Waals surface area (Å²) in [4.78, 5) is 14.3. The fourth-order valence-corrected chi connectivity index (χ4v) is 7.61. The fraction of sp³-hybridized carbons (Fsp3) is 0.156. The number of fused-ring (bicyclic) bond motifs is 1. The summed E-state index contributed by atoms with van der Waals surface area (Å²) in [6.07, 6.45) is 4.97. The van der Waals surface area contributed by atoms with Crippen LogP contribution in [0.2, 0.25) is 0 Å². The third-order valence-corrected chi connectivity index (χ3v) is 8.90. The first-order valence-corrected chi connectivity index (χ1v) is 13.0. The first-order chi connectivity index (χ1) is 17.3. The number of benzene rings is 4. The minimum atomic E-state index is -0.340. The van der Waals surface area contributed by atoms with E-state index in [9.17, 15) is 4.79 Å². The highest BCUT2D eigenvalue weighted by Gasteiger charge is 2.54. The number of β-lactam (4-membered cyclic amide) rings is 1. The highest BCUT2D eigenvalue weighted by Crippen LogP contribution is 2.60. The lowest BCUT2D eigenvalue weighted by molar-refractivity contribution is -0.137. The topological polar surface area (TPSA) is 20.3 Å². The van der Waals surface area contributed by atoms with Crippen molar-refractivity contribution >= 4 is 17.7 Å². The van der Waals surface area contributed by atoms with Crippen molar-refractivity contribution in [1.29, 1.82) is 0 Å². The normalized spacial score (nSPS) is 18.4. The van der Waals surface area contributed by atoms with Crippen molar-refractivity contribution in [2.24, 2.45) is 0 Å². The number of rotatable bonds is 6. The minimum Gasteiger partial charge on any atom is -0.306 e. The van der Waals surface area contributed by atoms with Crippen molar-refractivity contribution in [3.63, 3.8) is 0 Å². The molecule has 3 heteroatoms. The van der Waals surface area contributed by atoms with Crippen LogP contribution in [0.15, 0.2) is 134 Å². The molecule has 0 aromatic heterocycles. The Labute approximate surface area is 211 Å². The fourth-order valence-electron chi connectivity index (χ4n) is 5.65. The highest BCUT2D eigenvalue weighted by molar-refractivity contribution is 8.01. The molecule has 4 aromatic carbocycles. The van der Waals surface area contributed by atoms with Crippen molar-refractivity contribution in [3.05, 3.63) is 156 Å². The Bertz CT molecular complexity index is 1160. The molecule has 0 unspecified atom stereocenters. The number of carbonyl (C=O) groups excluding carboxylic acids is 1. The monoisotopic (exact) mass is 473 g/mol. The zero-order chi connectivity index (χ0) is 23.7. The highest BCUT2D eigenvalue weighted by atomic mass is 32.2. The van der Waals surface area contributed by atoms with E-state index in [-0.39, 0.29) is 27.9 Å². The minimum absolute atomic E-state index is 0.0921. The standard InChI is InChI=1S/C32H27NOS/c34-28-23-29-33(28)22-21-32(35-29,30(24-13-5-1-6-14-24)25-15-7-2-8-16-25)31(26-17-9-3-10-18-26)27-19-11-4-12-20-27/h1-22,29-31H,23H2/t29-/m1/s1. The Morgan fingerprint density at radius 1 is 0.629 bits per heavy atom. The van der Waals surface area contributed by atoms with Crippen LogP contribution in [0.5, 0.6) is 0 Å². The predicted molar refractivity (Wildman–Crippen MR) is 144 cm³/mol. The first-order valence-electron chi connectivity index (χ1n) is 12.1. The number of hydrogen-bond acceptors (Lipinski definition) is 2. The van der Waals surface area contributed by atoms with E-state index in [2.05, 4.69) is 134 Å². The molecule has 1 atom stereocenters. The molecule has 2 aliphatic heterocycles. The Balaban J connectivity index is 1.64. The Kier molecular flexibility index (Phi) is 5.79. The van der Waals surface area contributed by atoms with Crippen LogP contribution in [0.25, 0.3) is 0 Å². The molecule has 0 radical (unpaired) electrons. The number of thioether (sulfide) groups is 1. The van der Waals surface area contributed by atoms with Crippen LogP contribution in [0.1, 0.15) is 40.5 Å². The van der Waals surface area contributed by atoms with Gasteiger partial charge in [0, 0.05) is 18.0 Å². The molecule has 0 bridgehead atoms. The number of carbonyl (C=O) groups is 1. The molecular weight excluding hydrogens is 446 g/mol. The van der Waals surface area contributed by atoms with Gasteiger partial charge in [-0.1, -0.05) is 127 Å². The third kappa shape index (κ3) is 3.90. The second kappa shape index (κ2) is 9.24. The lowest BCUT2D eigenvalue weighted by Gasteiger charge is -2.53. The van der Waals surface area contributed by atoms with E-state index in [1.54, 1.807) is 0 Å². The molecule has 4 aromatic rings. The average molecular weight is 474 g/mol. The molecule has 6 rings (SSSR count). The van der Waals surface area contributed by atoms with Crippen LogP contribution < -0.4 is 0 Å². The van der Waals surface area contributed by atoms with E-state index in [1.807, 2.05) is 16.7 Å². The van der Waals surface area contributed by atoms with Crippen molar-refractivity contribution in [2.75, 3.05) is 0 Å². The maximum atomic E-state index is 12.4. The predicted octanol–water partition coefficient (Wildman–Crippen LogP) is 7.21. The Morgan fingerprint density at radius 3 is 1.31 bits per heavy atom. The summed E-state index contributed by atoms with van der Waals surface area (Å²) < 4.78 is -0.340. The molecule has 0 N–H and O–H groups in total. The molecule has 1 amide bonds. The average Bonchev–Trinajstić information content (AvgIpc) is 2.91. The second-order valence-electron chi connectivity index (χ2n) is 9.26. The molecule has 2 nitrogen and oxygen atoms in total. The molecule has 2 aliphatic rings. The van der Waals surface area contributed by atoms with Crippen LogP contribution in [0.3, 0.4) is 0 Å². The Morgan fingerprint density at radius 2 is 1.00 bits per heavy atom. The number of hydrogen-bond donors (Lipinski definition) is 0. The van der Waals surface area contributed by atoms with Crippen LogP contribution in [0.4, 0.5) is 0 Å². The molecule has 2 heterocycles. The van der Waals surface area contributed by atoms with Gasteiger partial charge in [0.05, 0.1) is 16.5 Å². The van der Waals surface area contributed by atoms with Gasteiger partial charge in [0.1, 0.15) is 0 Å². The first kappa shape index (κ1) is 21.9. The molecule has 1 saturated heterocycles. The molecule has 35 heavy (non-hydrogen) atoms. The lowest BCUT2D eigenvalue weighted by Crippen LogP contribution is -2.55. The molecule has 1 fully saturated rings.